The van der Waals surface area contributed by atoms with Gasteiger partial charge in [0.2, 0.25) is 0 Å². The van der Waals surface area contributed by atoms with Crippen LogP contribution in [-0.2, 0) is 13.6 Å². The first kappa shape index (κ1) is 10.7. The van der Waals surface area contributed by atoms with Crippen molar-refractivity contribution in [3.8, 4) is 0 Å². The van der Waals surface area contributed by atoms with Crippen molar-refractivity contribution >= 4 is 23.8 Å². The third kappa shape index (κ3) is 2.82. The minimum Gasteiger partial charge on any atom is -0.302 e. The van der Waals surface area contributed by atoms with E-state index in [4.69, 9.17) is 4.89 Å². The summed E-state index contributed by atoms with van der Waals surface area (Å²) in [5, 5.41) is 0. The first-order valence-corrected chi connectivity index (χ1v) is 6.22. The zero-order valence-corrected chi connectivity index (χ0v) is 9.25. The highest BCUT2D eigenvalue weighted by Gasteiger charge is 2.32. The maximum Gasteiger partial charge on any atom is 0.472 e. The van der Waals surface area contributed by atoms with Gasteiger partial charge in [-0.25, -0.2) is 4.57 Å². The second-order valence-corrected chi connectivity index (χ2v) is 5.37. The summed E-state index contributed by atoms with van der Waals surface area (Å²) in [5.74, 6) is 0.171. The van der Waals surface area contributed by atoms with E-state index < -0.39 is 7.82 Å². The third-order valence-corrected chi connectivity index (χ3v) is 4.15. The predicted molar refractivity (Wildman–Crippen MR) is 48.2 cm³/mol. The Morgan fingerprint density at radius 3 is 2.58 bits per heavy atom. The highest BCUT2D eigenvalue weighted by atomic mass is 79.9. The van der Waals surface area contributed by atoms with Crippen molar-refractivity contribution in [2.75, 3.05) is 13.2 Å². The van der Waals surface area contributed by atoms with Gasteiger partial charge in [0.1, 0.15) is 0 Å². The number of phosphoric ester groups is 1. The van der Waals surface area contributed by atoms with E-state index in [1.165, 1.54) is 0 Å². The average Bonchev–Trinajstić information content (AvgIpc) is 2.03. The van der Waals surface area contributed by atoms with E-state index >= 15 is 0 Å². The van der Waals surface area contributed by atoms with Gasteiger partial charge in [-0.1, -0.05) is 22.9 Å². The molecule has 4 nitrogen and oxygen atoms in total. The number of rotatable bonds is 2. The van der Waals surface area contributed by atoms with Crippen LogP contribution >= 0.6 is 23.8 Å². The summed E-state index contributed by atoms with van der Waals surface area (Å²) in [5.41, 5.74) is 0. The number of phosphoric acid groups is 1. The molecular formula is C6H12BrO4P. The van der Waals surface area contributed by atoms with Crippen molar-refractivity contribution in [1.82, 2.24) is 0 Å². The minimum atomic E-state index is -3.69. The molecule has 12 heavy (non-hydrogen) atoms. The zero-order valence-electron chi connectivity index (χ0n) is 6.77. The molecule has 1 saturated heterocycles. The number of hydrogen-bond acceptors (Lipinski definition) is 3. The van der Waals surface area contributed by atoms with E-state index in [1.54, 1.807) is 0 Å². The first-order valence-electron chi connectivity index (χ1n) is 3.81. The highest BCUT2D eigenvalue weighted by molar-refractivity contribution is 9.09. The summed E-state index contributed by atoms with van der Waals surface area (Å²) in [6.45, 7) is 2.61. The maximum atomic E-state index is 10.8. The fraction of sp³-hybridized carbons (Fsp3) is 1.00. The first-order chi connectivity index (χ1) is 5.55. The molecule has 1 aliphatic heterocycles. The summed E-state index contributed by atoms with van der Waals surface area (Å²) in [6, 6.07) is 0. The van der Waals surface area contributed by atoms with Crippen LogP contribution in [0.4, 0.5) is 0 Å². The molecule has 72 valence electrons. The predicted octanol–water partition coefficient (Wildman–Crippen LogP) is 1.92. The second kappa shape index (κ2) is 4.20. The quantitative estimate of drug-likeness (QED) is 0.608. The zero-order chi connectivity index (χ0) is 9.19. The molecule has 0 aromatic heterocycles. The van der Waals surface area contributed by atoms with Crippen LogP contribution in [0.3, 0.4) is 0 Å². The Balaban J connectivity index is 2.41. The number of alkyl halides is 1. The fourth-order valence-electron chi connectivity index (χ4n) is 1.01. The molecule has 0 aromatic rings. The van der Waals surface area contributed by atoms with E-state index in [9.17, 15) is 4.57 Å². The molecule has 0 radical (unpaired) electrons. The Hall–Kier alpha value is 0.590. The van der Waals surface area contributed by atoms with E-state index in [-0.39, 0.29) is 24.0 Å². The van der Waals surface area contributed by atoms with Crippen molar-refractivity contribution < 1.29 is 18.5 Å². The molecule has 6 heteroatoms. The van der Waals surface area contributed by atoms with Crippen molar-refractivity contribution in [3.63, 3.8) is 0 Å². The van der Waals surface area contributed by atoms with Gasteiger partial charge in [0.05, 0.1) is 13.2 Å². The standard InChI is InChI=1S/C6H12BrO4P/c1-2-6(7)5-3-10-12(8,9)11-4-5/h5-6H,2-4H2,1H3,(H,8,9). The monoisotopic (exact) mass is 258 g/mol. The SMILES string of the molecule is CCC(Br)C1COP(=O)(O)OC1. The summed E-state index contributed by atoms with van der Waals surface area (Å²) >= 11 is 3.44. The van der Waals surface area contributed by atoms with Crippen LogP contribution in [0.5, 0.6) is 0 Å². The highest BCUT2D eigenvalue weighted by Crippen LogP contribution is 2.47. The van der Waals surface area contributed by atoms with Crippen LogP contribution in [0.25, 0.3) is 0 Å². The van der Waals surface area contributed by atoms with Gasteiger partial charge in [0.25, 0.3) is 0 Å². The molecular weight excluding hydrogens is 247 g/mol. The number of halogens is 1. The van der Waals surface area contributed by atoms with Crippen molar-refractivity contribution in [1.29, 1.82) is 0 Å². The third-order valence-electron chi connectivity index (χ3n) is 1.81. The van der Waals surface area contributed by atoms with Crippen LogP contribution in [0.1, 0.15) is 13.3 Å². The van der Waals surface area contributed by atoms with Gasteiger partial charge in [0, 0.05) is 10.7 Å². The van der Waals surface area contributed by atoms with Crippen LogP contribution in [0.15, 0.2) is 0 Å². The molecule has 1 heterocycles. The van der Waals surface area contributed by atoms with E-state index in [1.807, 2.05) is 6.92 Å². The Bertz CT molecular complexity index is 186. The fourth-order valence-corrected chi connectivity index (χ4v) is 2.15. The van der Waals surface area contributed by atoms with Crippen LogP contribution in [-0.4, -0.2) is 22.9 Å². The average molecular weight is 259 g/mol. The van der Waals surface area contributed by atoms with Crippen LogP contribution in [0, 0.1) is 5.92 Å². The second-order valence-electron chi connectivity index (χ2n) is 2.74. The molecule has 1 fully saturated rings. The molecule has 1 N–H and O–H groups in total. The Labute approximate surface area is 80.0 Å². The smallest absolute Gasteiger partial charge is 0.302 e. The maximum absolute atomic E-state index is 10.8. The van der Waals surface area contributed by atoms with Gasteiger partial charge in [-0.05, 0) is 6.42 Å². The van der Waals surface area contributed by atoms with Crippen molar-refractivity contribution in [2.45, 2.75) is 18.2 Å². The van der Waals surface area contributed by atoms with E-state index in [2.05, 4.69) is 25.0 Å². The van der Waals surface area contributed by atoms with Gasteiger partial charge >= 0.3 is 7.82 Å². The van der Waals surface area contributed by atoms with Gasteiger partial charge in [0.15, 0.2) is 0 Å². The minimum absolute atomic E-state index is 0.171. The molecule has 1 atom stereocenters. The largest absolute Gasteiger partial charge is 0.472 e. The van der Waals surface area contributed by atoms with Crippen LogP contribution < -0.4 is 0 Å². The van der Waals surface area contributed by atoms with Crippen molar-refractivity contribution in [3.05, 3.63) is 0 Å². The van der Waals surface area contributed by atoms with Gasteiger partial charge in [-0.3, -0.25) is 9.05 Å². The summed E-state index contributed by atoms with van der Waals surface area (Å²) in [4.78, 5) is 9.13. The van der Waals surface area contributed by atoms with E-state index in [0.717, 1.165) is 6.42 Å². The van der Waals surface area contributed by atoms with Gasteiger partial charge in [-0.2, -0.15) is 0 Å². The summed E-state index contributed by atoms with van der Waals surface area (Å²) < 4.78 is 20.1. The lowest BCUT2D eigenvalue weighted by Gasteiger charge is -2.27. The lowest BCUT2D eigenvalue weighted by Crippen LogP contribution is -2.28. The molecule has 0 spiro atoms. The molecule has 1 unspecified atom stereocenters. The molecule has 0 aliphatic carbocycles. The Morgan fingerprint density at radius 1 is 1.67 bits per heavy atom. The summed E-state index contributed by atoms with van der Waals surface area (Å²) in [7, 11) is -3.69. The van der Waals surface area contributed by atoms with Crippen LogP contribution in [0.2, 0.25) is 0 Å². The van der Waals surface area contributed by atoms with Gasteiger partial charge < -0.3 is 4.89 Å². The number of hydrogen-bond donors (Lipinski definition) is 1. The van der Waals surface area contributed by atoms with Gasteiger partial charge in [-0.15, -0.1) is 0 Å². The normalized spacial score (nSPS) is 39.4. The molecule has 1 rings (SSSR count). The Kier molecular flexibility index (Phi) is 3.74. The van der Waals surface area contributed by atoms with Crippen molar-refractivity contribution in [2.24, 2.45) is 5.92 Å². The molecule has 0 aromatic carbocycles. The topological polar surface area (TPSA) is 55.8 Å². The lowest BCUT2D eigenvalue weighted by molar-refractivity contribution is 0.0578. The van der Waals surface area contributed by atoms with E-state index in [0.29, 0.717) is 0 Å². The lowest BCUT2D eigenvalue weighted by atomic mass is 10.1. The molecule has 1 aliphatic rings. The Morgan fingerprint density at radius 2 is 2.17 bits per heavy atom. The molecule has 0 saturated carbocycles. The summed E-state index contributed by atoms with van der Waals surface area (Å²) in [6.07, 6.45) is 0.952. The molecule has 0 bridgehead atoms. The molecule has 0 amide bonds.